The number of nitrogens with zero attached hydrogens (tertiary/aromatic N) is 2. The molecule has 16 heavy (non-hydrogen) atoms. The number of hydrogen-bond donors (Lipinski definition) is 2. The zero-order valence-electron chi connectivity index (χ0n) is 8.22. The van der Waals surface area contributed by atoms with Gasteiger partial charge in [0.25, 0.3) is 0 Å². The molecule has 0 aliphatic carbocycles. The molecule has 0 radical (unpaired) electrons. The summed E-state index contributed by atoms with van der Waals surface area (Å²) in [5.41, 5.74) is 0.962. The van der Waals surface area contributed by atoms with Crippen LogP contribution >= 0.6 is 22.9 Å². The monoisotopic (exact) mass is 252 g/mol. The maximum atomic E-state index is 5.90. The Bertz CT molecular complexity index is 495. The second-order valence-corrected chi connectivity index (χ2v) is 4.33. The maximum Gasteiger partial charge on any atom is 0.189 e. The first kappa shape index (κ1) is 10.9. The van der Waals surface area contributed by atoms with Gasteiger partial charge in [-0.15, -0.1) is 0 Å². The van der Waals surface area contributed by atoms with E-state index in [1.807, 2.05) is 30.3 Å². The lowest BCUT2D eigenvalue weighted by molar-refractivity contribution is 1.26. The molecule has 2 aromatic rings. The standard InChI is InChI=1S/C10H9ClN4S/c11-9-8(6-13-12)16-10(15-9)14-7-4-2-1-3-5-7/h1-6H,12H2,(H,14,15)/b13-6+. The van der Waals surface area contributed by atoms with Crippen molar-refractivity contribution in [1.29, 1.82) is 0 Å². The van der Waals surface area contributed by atoms with E-state index in [2.05, 4.69) is 15.4 Å². The van der Waals surface area contributed by atoms with Crippen LogP contribution in [0.2, 0.25) is 5.15 Å². The Morgan fingerprint density at radius 3 is 2.81 bits per heavy atom. The van der Waals surface area contributed by atoms with Crippen molar-refractivity contribution >= 4 is 40.0 Å². The predicted molar refractivity (Wildman–Crippen MR) is 68.6 cm³/mol. The number of anilines is 2. The molecule has 0 saturated carbocycles. The number of hydrogen-bond acceptors (Lipinski definition) is 5. The van der Waals surface area contributed by atoms with Gasteiger partial charge in [0.05, 0.1) is 11.1 Å². The van der Waals surface area contributed by atoms with Crippen molar-refractivity contribution in [3.8, 4) is 0 Å². The van der Waals surface area contributed by atoms with Crippen LogP contribution in [0.25, 0.3) is 0 Å². The van der Waals surface area contributed by atoms with Crippen LogP contribution in [-0.4, -0.2) is 11.2 Å². The third-order valence-corrected chi connectivity index (χ3v) is 3.13. The van der Waals surface area contributed by atoms with Crippen LogP contribution in [0.3, 0.4) is 0 Å². The van der Waals surface area contributed by atoms with Crippen molar-refractivity contribution in [2.75, 3.05) is 5.32 Å². The lowest BCUT2D eigenvalue weighted by Crippen LogP contribution is -1.87. The Morgan fingerprint density at radius 1 is 1.38 bits per heavy atom. The fourth-order valence-electron chi connectivity index (χ4n) is 1.16. The molecule has 0 saturated heterocycles. The van der Waals surface area contributed by atoms with E-state index < -0.39 is 0 Å². The summed E-state index contributed by atoms with van der Waals surface area (Å²) in [7, 11) is 0. The highest BCUT2D eigenvalue weighted by Crippen LogP contribution is 2.27. The summed E-state index contributed by atoms with van der Waals surface area (Å²) in [5, 5.41) is 7.68. The van der Waals surface area contributed by atoms with Gasteiger partial charge in [-0.05, 0) is 12.1 Å². The fourth-order valence-corrected chi connectivity index (χ4v) is 2.22. The van der Waals surface area contributed by atoms with Crippen LogP contribution < -0.4 is 11.2 Å². The normalized spacial score (nSPS) is 10.8. The second kappa shape index (κ2) is 4.96. The lowest BCUT2D eigenvalue weighted by atomic mass is 10.3. The second-order valence-electron chi connectivity index (χ2n) is 2.94. The minimum atomic E-state index is 0.401. The molecule has 3 N–H and O–H groups in total. The molecule has 1 aromatic heterocycles. The Kier molecular flexibility index (Phi) is 3.38. The van der Waals surface area contributed by atoms with Crippen LogP contribution in [0.15, 0.2) is 35.4 Å². The van der Waals surface area contributed by atoms with Crippen LogP contribution in [-0.2, 0) is 0 Å². The molecular formula is C10H9ClN4S. The molecule has 6 heteroatoms. The number of hydrazone groups is 1. The number of thiazole rings is 1. The molecule has 1 heterocycles. The first-order chi connectivity index (χ1) is 7.79. The van der Waals surface area contributed by atoms with Gasteiger partial charge in [-0.2, -0.15) is 5.10 Å². The maximum absolute atomic E-state index is 5.90. The first-order valence-electron chi connectivity index (χ1n) is 4.51. The minimum absolute atomic E-state index is 0.401. The van der Waals surface area contributed by atoms with E-state index in [1.54, 1.807) is 0 Å². The zero-order chi connectivity index (χ0) is 11.4. The highest BCUT2D eigenvalue weighted by Gasteiger charge is 2.07. The Balaban J connectivity index is 2.20. The number of nitrogens with one attached hydrogen (secondary N) is 1. The van der Waals surface area contributed by atoms with Gasteiger partial charge >= 0.3 is 0 Å². The fraction of sp³-hybridized carbons (Fsp3) is 0. The highest BCUT2D eigenvalue weighted by molar-refractivity contribution is 7.17. The van der Waals surface area contributed by atoms with Gasteiger partial charge in [-0.1, -0.05) is 41.1 Å². The number of rotatable bonds is 3. The summed E-state index contributed by atoms with van der Waals surface area (Å²) in [6.07, 6.45) is 1.48. The minimum Gasteiger partial charge on any atom is -0.331 e. The topological polar surface area (TPSA) is 63.3 Å². The molecule has 0 unspecified atom stereocenters. The Hall–Kier alpha value is -1.59. The third kappa shape index (κ3) is 2.50. The van der Waals surface area contributed by atoms with E-state index in [0.29, 0.717) is 10.3 Å². The van der Waals surface area contributed by atoms with E-state index in [-0.39, 0.29) is 0 Å². The molecule has 0 spiro atoms. The Labute approximate surface area is 102 Å². The van der Waals surface area contributed by atoms with Crippen molar-refractivity contribution in [3.05, 3.63) is 40.4 Å². The molecular weight excluding hydrogens is 244 g/mol. The van der Waals surface area contributed by atoms with E-state index in [9.17, 15) is 0 Å². The molecule has 0 amide bonds. The van der Waals surface area contributed by atoms with Gasteiger partial charge in [-0.3, -0.25) is 0 Å². The van der Waals surface area contributed by atoms with Gasteiger partial charge < -0.3 is 11.2 Å². The summed E-state index contributed by atoms with van der Waals surface area (Å²) in [4.78, 5) is 4.89. The van der Waals surface area contributed by atoms with Crippen LogP contribution in [0.1, 0.15) is 4.88 Å². The molecule has 0 atom stereocenters. The summed E-state index contributed by atoms with van der Waals surface area (Å²) in [5.74, 6) is 5.06. The predicted octanol–water partition coefficient (Wildman–Crippen LogP) is 2.83. The molecule has 2 rings (SSSR count). The molecule has 0 bridgehead atoms. The highest BCUT2D eigenvalue weighted by atomic mass is 35.5. The van der Waals surface area contributed by atoms with Crippen molar-refractivity contribution < 1.29 is 0 Å². The van der Waals surface area contributed by atoms with E-state index in [0.717, 1.165) is 10.6 Å². The molecule has 0 aliphatic rings. The summed E-state index contributed by atoms with van der Waals surface area (Å²) >= 11 is 7.30. The number of aromatic nitrogens is 1. The van der Waals surface area contributed by atoms with E-state index in [1.165, 1.54) is 17.6 Å². The lowest BCUT2D eigenvalue weighted by Gasteiger charge is -1.99. The van der Waals surface area contributed by atoms with Gasteiger partial charge in [0.1, 0.15) is 0 Å². The van der Waals surface area contributed by atoms with Crippen LogP contribution in [0.5, 0.6) is 0 Å². The molecule has 1 aromatic carbocycles. The summed E-state index contributed by atoms with van der Waals surface area (Å²) in [6, 6.07) is 9.74. The smallest absolute Gasteiger partial charge is 0.189 e. The van der Waals surface area contributed by atoms with Crippen molar-refractivity contribution in [2.45, 2.75) is 0 Å². The number of halogens is 1. The van der Waals surface area contributed by atoms with Crippen molar-refractivity contribution in [2.24, 2.45) is 10.9 Å². The quantitative estimate of drug-likeness (QED) is 0.502. The Morgan fingerprint density at radius 2 is 2.12 bits per heavy atom. The number of benzene rings is 1. The summed E-state index contributed by atoms with van der Waals surface area (Å²) < 4.78 is 0. The largest absolute Gasteiger partial charge is 0.331 e. The van der Waals surface area contributed by atoms with Gasteiger partial charge in [-0.25, -0.2) is 4.98 Å². The molecule has 82 valence electrons. The average Bonchev–Trinajstić information content (AvgIpc) is 2.61. The van der Waals surface area contributed by atoms with Crippen molar-refractivity contribution in [3.63, 3.8) is 0 Å². The van der Waals surface area contributed by atoms with E-state index >= 15 is 0 Å². The number of para-hydroxylation sites is 1. The third-order valence-electron chi connectivity index (χ3n) is 1.83. The van der Waals surface area contributed by atoms with Gasteiger partial charge in [0.2, 0.25) is 0 Å². The van der Waals surface area contributed by atoms with Crippen LogP contribution in [0.4, 0.5) is 10.8 Å². The summed E-state index contributed by atoms with van der Waals surface area (Å²) in [6.45, 7) is 0. The van der Waals surface area contributed by atoms with E-state index in [4.69, 9.17) is 17.4 Å². The SMILES string of the molecule is N/N=C/c1sc(Nc2ccccc2)nc1Cl. The van der Waals surface area contributed by atoms with Gasteiger partial charge in [0, 0.05) is 5.69 Å². The molecule has 0 aliphatic heterocycles. The van der Waals surface area contributed by atoms with Crippen molar-refractivity contribution in [1.82, 2.24) is 4.98 Å². The van der Waals surface area contributed by atoms with Crippen LogP contribution in [0, 0.1) is 0 Å². The molecule has 0 fully saturated rings. The molecule has 4 nitrogen and oxygen atoms in total. The number of nitrogens with two attached hydrogens (primary N) is 1. The zero-order valence-corrected chi connectivity index (χ0v) is 9.79. The van der Waals surface area contributed by atoms with Gasteiger partial charge in [0.15, 0.2) is 10.3 Å². The average molecular weight is 253 g/mol. The first-order valence-corrected chi connectivity index (χ1v) is 5.70.